The molecule has 0 aromatic carbocycles. The molecular formula is C4H4O2. The average Bonchev–Trinajstić information content (AvgIpc) is 2.21. The Bertz CT molecular complexity index is 87.7. The monoisotopic (exact) mass is 84.0 g/mol. The van der Waals surface area contributed by atoms with Gasteiger partial charge in [0, 0.05) is 6.08 Å². The lowest BCUT2D eigenvalue weighted by Crippen LogP contribution is -1.70. The van der Waals surface area contributed by atoms with E-state index in [-0.39, 0.29) is 6.10 Å². The number of rotatable bonds is 1. The molecule has 0 spiro atoms. The van der Waals surface area contributed by atoms with Crippen LogP contribution in [0.2, 0.25) is 0 Å². The van der Waals surface area contributed by atoms with Crippen molar-refractivity contribution in [1.82, 2.24) is 0 Å². The van der Waals surface area contributed by atoms with E-state index in [1.54, 1.807) is 5.94 Å². The maximum Gasteiger partial charge on any atom is 0.122 e. The van der Waals surface area contributed by atoms with Crippen molar-refractivity contribution < 1.29 is 9.53 Å². The summed E-state index contributed by atoms with van der Waals surface area (Å²) in [7, 11) is 0. The Hall–Kier alpha value is -0.590. The van der Waals surface area contributed by atoms with E-state index in [2.05, 4.69) is 4.74 Å². The predicted octanol–water partition coefficient (Wildman–Crippen LogP) is -0.227. The summed E-state index contributed by atoms with van der Waals surface area (Å²) in [4.78, 5) is 9.39. The first-order valence-electron chi connectivity index (χ1n) is 1.76. The molecule has 0 bridgehead atoms. The highest BCUT2D eigenvalue weighted by molar-refractivity contribution is 5.46. The summed E-state index contributed by atoms with van der Waals surface area (Å²) in [5.41, 5.74) is 0. The molecule has 1 unspecified atom stereocenters. The van der Waals surface area contributed by atoms with Crippen LogP contribution in [0.5, 0.6) is 0 Å². The minimum Gasteiger partial charge on any atom is -0.368 e. The smallest absolute Gasteiger partial charge is 0.122 e. The highest BCUT2D eigenvalue weighted by atomic mass is 16.6. The van der Waals surface area contributed by atoms with Gasteiger partial charge in [-0.1, -0.05) is 0 Å². The first-order valence-corrected chi connectivity index (χ1v) is 1.76. The Morgan fingerprint density at radius 1 is 2.00 bits per heavy atom. The fourth-order valence-electron chi connectivity index (χ4n) is 0.228. The number of epoxide rings is 1. The molecule has 0 amide bonds. The summed E-state index contributed by atoms with van der Waals surface area (Å²) < 4.78 is 4.63. The van der Waals surface area contributed by atoms with Crippen molar-refractivity contribution in [2.75, 3.05) is 6.61 Å². The predicted molar refractivity (Wildman–Crippen MR) is 20.0 cm³/mol. The van der Waals surface area contributed by atoms with Crippen molar-refractivity contribution in [1.29, 1.82) is 0 Å². The maximum atomic E-state index is 9.39. The van der Waals surface area contributed by atoms with Gasteiger partial charge in [-0.2, -0.15) is 0 Å². The van der Waals surface area contributed by atoms with E-state index >= 15 is 0 Å². The van der Waals surface area contributed by atoms with E-state index in [0.29, 0.717) is 6.61 Å². The minimum absolute atomic E-state index is 0.0995. The molecule has 0 aliphatic carbocycles. The Balaban J connectivity index is 2.33. The van der Waals surface area contributed by atoms with E-state index in [0.717, 1.165) is 0 Å². The SMILES string of the molecule is O=C=CC1CO1. The molecule has 1 saturated heterocycles. The van der Waals surface area contributed by atoms with Crippen LogP contribution < -0.4 is 0 Å². The fourth-order valence-corrected chi connectivity index (χ4v) is 0.228. The fraction of sp³-hybridized carbons (Fsp3) is 0.500. The zero-order valence-corrected chi connectivity index (χ0v) is 3.18. The molecule has 1 heterocycles. The van der Waals surface area contributed by atoms with Crippen molar-refractivity contribution in [2.45, 2.75) is 6.10 Å². The van der Waals surface area contributed by atoms with E-state index < -0.39 is 0 Å². The van der Waals surface area contributed by atoms with Crippen LogP contribution in [0, 0.1) is 0 Å². The summed E-state index contributed by atoms with van der Waals surface area (Å²) >= 11 is 0. The van der Waals surface area contributed by atoms with Crippen molar-refractivity contribution in [3.05, 3.63) is 6.08 Å². The Kier molecular flexibility index (Phi) is 0.748. The first kappa shape index (κ1) is 3.59. The van der Waals surface area contributed by atoms with Gasteiger partial charge in [0.2, 0.25) is 0 Å². The molecule has 1 atom stereocenters. The second-order valence-corrected chi connectivity index (χ2v) is 1.16. The minimum atomic E-state index is 0.0995. The summed E-state index contributed by atoms with van der Waals surface area (Å²) in [6.07, 6.45) is 1.47. The van der Waals surface area contributed by atoms with Gasteiger partial charge in [-0.3, -0.25) is 0 Å². The highest BCUT2D eigenvalue weighted by Gasteiger charge is 2.18. The van der Waals surface area contributed by atoms with Gasteiger partial charge in [0.15, 0.2) is 0 Å². The summed E-state index contributed by atoms with van der Waals surface area (Å²) in [6.45, 7) is 0.704. The van der Waals surface area contributed by atoms with Gasteiger partial charge in [-0.25, -0.2) is 4.79 Å². The summed E-state index contributed by atoms with van der Waals surface area (Å²) in [5, 5.41) is 0. The number of hydrogen-bond donors (Lipinski definition) is 0. The summed E-state index contributed by atoms with van der Waals surface area (Å²) in [6, 6.07) is 0. The van der Waals surface area contributed by atoms with Gasteiger partial charge >= 0.3 is 0 Å². The van der Waals surface area contributed by atoms with Crippen molar-refractivity contribution in [3.63, 3.8) is 0 Å². The number of carbonyl (C=O) groups excluding carboxylic acids is 1. The van der Waals surface area contributed by atoms with E-state index in [1.807, 2.05) is 0 Å². The molecule has 0 N–H and O–H groups in total. The lowest BCUT2D eigenvalue weighted by Gasteiger charge is -1.57. The van der Waals surface area contributed by atoms with Crippen LogP contribution >= 0.6 is 0 Å². The molecule has 6 heavy (non-hydrogen) atoms. The molecule has 1 fully saturated rings. The highest BCUT2D eigenvalue weighted by Crippen LogP contribution is 2.06. The third-order valence-electron chi connectivity index (χ3n) is 0.613. The molecule has 0 aromatic rings. The van der Waals surface area contributed by atoms with Gasteiger partial charge < -0.3 is 4.74 Å². The van der Waals surface area contributed by atoms with Gasteiger partial charge in [-0.15, -0.1) is 0 Å². The molecule has 32 valence electrons. The van der Waals surface area contributed by atoms with Gasteiger partial charge in [0.1, 0.15) is 12.0 Å². The Morgan fingerprint density at radius 3 is 2.83 bits per heavy atom. The first-order chi connectivity index (χ1) is 2.93. The molecule has 0 saturated carbocycles. The molecular weight excluding hydrogens is 80.0 g/mol. The van der Waals surface area contributed by atoms with Crippen LogP contribution in [0.3, 0.4) is 0 Å². The third kappa shape index (κ3) is 0.677. The standard InChI is InChI=1S/C4H4O2/c5-2-1-4-3-6-4/h1,4H,3H2. The van der Waals surface area contributed by atoms with Crippen LogP contribution in [-0.2, 0) is 9.53 Å². The van der Waals surface area contributed by atoms with Crippen LogP contribution in [-0.4, -0.2) is 18.7 Å². The third-order valence-corrected chi connectivity index (χ3v) is 0.613. The molecule has 1 aliphatic heterocycles. The second-order valence-electron chi connectivity index (χ2n) is 1.16. The Morgan fingerprint density at radius 2 is 2.67 bits per heavy atom. The summed E-state index contributed by atoms with van der Waals surface area (Å²) in [5.74, 6) is 1.63. The zero-order chi connectivity index (χ0) is 4.41. The van der Waals surface area contributed by atoms with Crippen LogP contribution in [0.1, 0.15) is 0 Å². The largest absolute Gasteiger partial charge is 0.368 e. The number of hydrogen-bond acceptors (Lipinski definition) is 2. The molecule has 2 heteroatoms. The quantitative estimate of drug-likeness (QED) is 0.324. The van der Waals surface area contributed by atoms with E-state index in [4.69, 9.17) is 0 Å². The molecule has 1 rings (SSSR count). The van der Waals surface area contributed by atoms with Crippen LogP contribution in [0.25, 0.3) is 0 Å². The van der Waals surface area contributed by atoms with Gasteiger partial charge in [0.25, 0.3) is 0 Å². The molecule has 2 nitrogen and oxygen atoms in total. The van der Waals surface area contributed by atoms with Crippen LogP contribution in [0.4, 0.5) is 0 Å². The molecule has 0 aromatic heterocycles. The lowest BCUT2D eigenvalue weighted by atomic mass is 10.5. The number of ether oxygens (including phenoxy) is 1. The average molecular weight is 84.1 g/mol. The second kappa shape index (κ2) is 1.25. The molecule has 0 radical (unpaired) electrons. The normalized spacial score (nSPS) is 28.3. The van der Waals surface area contributed by atoms with Gasteiger partial charge in [0.05, 0.1) is 6.61 Å². The van der Waals surface area contributed by atoms with E-state index in [1.165, 1.54) is 6.08 Å². The lowest BCUT2D eigenvalue weighted by molar-refractivity contribution is 0.440. The maximum absolute atomic E-state index is 9.39. The topological polar surface area (TPSA) is 29.6 Å². The zero-order valence-electron chi connectivity index (χ0n) is 3.18. The van der Waals surface area contributed by atoms with Gasteiger partial charge in [-0.05, 0) is 0 Å². The Labute approximate surface area is 35.4 Å². The van der Waals surface area contributed by atoms with Crippen molar-refractivity contribution >= 4 is 5.94 Å². The van der Waals surface area contributed by atoms with Crippen molar-refractivity contribution in [2.24, 2.45) is 0 Å². The van der Waals surface area contributed by atoms with Crippen LogP contribution in [0.15, 0.2) is 6.08 Å². The van der Waals surface area contributed by atoms with E-state index in [9.17, 15) is 4.79 Å². The molecule has 1 aliphatic rings. The van der Waals surface area contributed by atoms with Crippen molar-refractivity contribution in [3.8, 4) is 0 Å².